The SMILES string of the molecule is N#Cc1c(COC(=O)CC2Sc3ccccc3NC2=O)cn2ccccc12. The number of benzene rings is 1. The van der Waals surface area contributed by atoms with Gasteiger partial charge in [0.2, 0.25) is 5.91 Å². The number of thioether (sulfide) groups is 1. The number of hydrogen-bond donors (Lipinski definition) is 1. The first-order valence-electron chi connectivity index (χ1n) is 8.36. The van der Waals surface area contributed by atoms with E-state index in [1.54, 1.807) is 6.20 Å². The van der Waals surface area contributed by atoms with Crippen molar-refractivity contribution in [2.24, 2.45) is 0 Å². The Morgan fingerprint density at radius 1 is 1.26 bits per heavy atom. The minimum absolute atomic E-state index is 0.000993. The zero-order valence-corrected chi connectivity index (χ0v) is 15.0. The molecule has 1 unspecified atom stereocenters. The fourth-order valence-corrected chi connectivity index (χ4v) is 4.11. The standard InChI is InChI=1S/C20H15N3O3S/c21-10-14-13(11-23-8-4-3-6-16(14)23)12-26-19(24)9-18-20(25)22-15-5-1-2-7-17(15)27-18/h1-8,11,18H,9,12H2,(H,22,25). The zero-order valence-electron chi connectivity index (χ0n) is 14.2. The molecule has 0 bridgehead atoms. The van der Waals surface area contributed by atoms with Crippen molar-refractivity contribution >= 4 is 34.8 Å². The lowest BCUT2D eigenvalue weighted by molar-refractivity contribution is -0.145. The van der Waals surface area contributed by atoms with Gasteiger partial charge in [-0.1, -0.05) is 18.2 Å². The molecule has 7 heteroatoms. The highest BCUT2D eigenvalue weighted by molar-refractivity contribution is 8.01. The molecule has 1 aliphatic heterocycles. The molecule has 0 radical (unpaired) electrons. The molecule has 6 nitrogen and oxygen atoms in total. The van der Waals surface area contributed by atoms with Gasteiger partial charge in [-0.05, 0) is 24.3 Å². The Labute approximate surface area is 159 Å². The van der Waals surface area contributed by atoms with Gasteiger partial charge in [0.25, 0.3) is 0 Å². The Balaban J connectivity index is 1.42. The van der Waals surface area contributed by atoms with Gasteiger partial charge in [0, 0.05) is 22.9 Å². The van der Waals surface area contributed by atoms with Crippen LogP contribution in [0, 0.1) is 11.3 Å². The van der Waals surface area contributed by atoms with Crippen LogP contribution >= 0.6 is 11.8 Å². The second kappa shape index (κ2) is 7.17. The van der Waals surface area contributed by atoms with E-state index in [0.29, 0.717) is 11.1 Å². The van der Waals surface area contributed by atoms with Crippen LogP contribution < -0.4 is 5.32 Å². The van der Waals surface area contributed by atoms with Crippen LogP contribution in [-0.2, 0) is 20.9 Å². The van der Waals surface area contributed by atoms with Gasteiger partial charge < -0.3 is 14.5 Å². The fraction of sp³-hybridized carbons (Fsp3) is 0.150. The van der Waals surface area contributed by atoms with E-state index in [-0.39, 0.29) is 18.9 Å². The Hall–Kier alpha value is -3.24. The van der Waals surface area contributed by atoms with E-state index in [1.165, 1.54) is 11.8 Å². The number of amides is 1. The lowest BCUT2D eigenvalue weighted by Gasteiger charge is -2.23. The van der Waals surface area contributed by atoms with Crippen molar-refractivity contribution in [1.82, 2.24) is 4.40 Å². The maximum absolute atomic E-state index is 12.3. The summed E-state index contributed by atoms with van der Waals surface area (Å²) in [5.74, 6) is -0.677. The summed E-state index contributed by atoms with van der Waals surface area (Å²) in [7, 11) is 0. The van der Waals surface area contributed by atoms with E-state index in [2.05, 4.69) is 11.4 Å². The van der Waals surface area contributed by atoms with Crippen LogP contribution in [0.25, 0.3) is 5.52 Å². The minimum Gasteiger partial charge on any atom is -0.461 e. The van der Waals surface area contributed by atoms with E-state index in [0.717, 1.165) is 16.1 Å². The van der Waals surface area contributed by atoms with Crippen molar-refractivity contribution in [3.8, 4) is 6.07 Å². The Morgan fingerprint density at radius 2 is 2.07 bits per heavy atom. The fourth-order valence-electron chi connectivity index (χ4n) is 3.01. The molecule has 0 saturated heterocycles. The predicted octanol–water partition coefficient (Wildman–Crippen LogP) is 3.36. The number of fused-ring (bicyclic) bond motifs is 2. The van der Waals surface area contributed by atoms with Crippen molar-refractivity contribution in [2.75, 3.05) is 5.32 Å². The average molecular weight is 377 g/mol. The summed E-state index contributed by atoms with van der Waals surface area (Å²) in [6.07, 6.45) is 3.58. The monoisotopic (exact) mass is 377 g/mol. The van der Waals surface area contributed by atoms with Crippen LogP contribution in [0.1, 0.15) is 17.5 Å². The molecule has 3 heterocycles. The highest BCUT2D eigenvalue weighted by Crippen LogP contribution is 2.36. The topological polar surface area (TPSA) is 83.6 Å². The molecule has 4 rings (SSSR count). The molecule has 2 aromatic heterocycles. The predicted molar refractivity (Wildman–Crippen MR) is 101 cm³/mol. The second-order valence-corrected chi connectivity index (χ2v) is 7.34. The molecular weight excluding hydrogens is 362 g/mol. The van der Waals surface area contributed by atoms with E-state index in [1.807, 2.05) is 53.1 Å². The number of carbonyl (C=O) groups is 2. The van der Waals surface area contributed by atoms with Crippen molar-refractivity contribution < 1.29 is 14.3 Å². The number of ether oxygens (including phenoxy) is 1. The number of hydrogen-bond acceptors (Lipinski definition) is 5. The first kappa shape index (κ1) is 17.2. The van der Waals surface area contributed by atoms with Crippen LogP contribution in [0.15, 0.2) is 59.8 Å². The summed E-state index contributed by atoms with van der Waals surface area (Å²) < 4.78 is 7.16. The van der Waals surface area contributed by atoms with E-state index in [4.69, 9.17) is 4.74 Å². The third-order valence-electron chi connectivity index (χ3n) is 4.32. The Kier molecular flexibility index (Phi) is 4.57. The van der Waals surface area contributed by atoms with Gasteiger partial charge in [-0.2, -0.15) is 5.26 Å². The van der Waals surface area contributed by atoms with Gasteiger partial charge in [-0.3, -0.25) is 9.59 Å². The molecule has 134 valence electrons. The molecule has 0 fully saturated rings. The third-order valence-corrected chi connectivity index (χ3v) is 5.60. The summed E-state index contributed by atoms with van der Waals surface area (Å²) in [6.45, 7) is -0.000993. The van der Waals surface area contributed by atoms with Crippen molar-refractivity contribution in [3.63, 3.8) is 0 Å². The number of para-hydroxylation sites is 1. The summed E-state index contributed by atoms with van der Waals surface area (Å²) in [6, 6.07) is 15.2. The first-order chi connectivity index (χ1) is 13.2. The highest BCUT2D eigenvalue weighted by Gasteiger charge is 2.29. The van der Waals surface area contributed by atoms with Crippen LogP contribution in [0.2, 0.25) is 0 Å². The molecule has 0 spiro atoms. The largest absolute Gasteiger partial charge is 0.461 e. The smallest absolute Gasteiger partial charge is 0.307 e. The molecule has 3 aromatic rings. The van der Waals surface area contributed by atoms with Gasteiger partial charge in [0.1, 0.15) is 12.7 Å². The Morgan fingerprint density at radius 3 is 2.93 bits per heavy atom. The molecule has 27 heavy (non-hydrogen) atoms. The van der Waals surface area contributed by atoms with E-state index >= 15 is 0 Å². The zero-order chi connectivity index (χ0) is 18.8. The molecule has 1 aliphatic rings. The van der Waals surface area contributed by atoms with E-state index < -0.39 is 11.2 Å². The van der Waals surface area contributed by atoms with E-state index in [9.17, 15) is 14.9 Å². The minimum atomic E-state index is -0.532. The third kappa shape index (κ3) is 3.39. The quantitative estimate of drug-likeness (QED) is 0.705. The lowest BCUT2D eigenvalue weighted by Crippen LogP contribution is -2.31. The van der Waals surface area contributed by atoms with Gasteiger partial charge in [-0.15, -0.1) is 11.8 Å². The molecule has 1 N–H and O–H groups in total. The Bertz CT molecular complexity index is 1080. The number of rotatable bonds is 4. The highest BCUT2D eigenvalue weighted by atomic mass is 32.2. The summed E-state index contributed by atoms with van der Waals surface area (Å²) in [5.41, 5.74) is 2.66. The van der Waals surface area contributed by atoms with Crippen molar-refractivity contribution in [2.45, 2.75) is 23.2 Å². The van der Waals surface area contributed by atoms with Crippen LogP contribution in [0.5, 0.6) is 0 Å². The molecule has 1 atom stereocenters. The van der Waals surface area contributed by atoms with Gasteiger partial charge in [-0.25, -0.2) is 0 Å². The van der Waals surface area contributed by atoms with Crippen LogP contribution in [0.4, 0.5) is 5.69 Å². The molecule has 1 aromatic carbocycles. The number of esters is 1. The van der Waals surface area contributed by atoms with Crippen molar-refractivity contribution in [1.29, 1.82) is 5.26 Å². The number of carbonyl (C=O) groups excluding carboxylic acids is 2. The van der Waals surface area contributed by atoms with Crippen LogP contribution in [0.3, 0.4) is 0 Å². The number of nitrogens with one attached hydrogen (secondary N) is 1. The summed E-state index contributed by atoms with van der Waals surface area (Å²) in [5, 5.41) is 11.7. The molecular formula is C20H15N3O3S. The molecule has 1 amide bonds. The summed E-state index contributed by atoms with van der Waals surface area (Å²) in [4.78, 5) is 25.4. The summed E-state index contributed by atoms with van der Waals surface area (Å²) >= 11 is 1.36. The maximum atomic E-state index is 12.3. The molecule has 0 aliphatic carbocycles. The number of nitriles is 1. The van der Waals surface area contributed by atoms with Gasteiger partial charge in [0.05, 0.1) is 28.4 Å². The number of nitrogens with zero attached hydrogens (tertiary/aromatic N) is 2. The number of anilines is 1. The second-order valence-electron chi connectivity index (χ2n) is 6.09. The molecule has 0 saturated carbocycles. The number of pyridine rings is 1. The lowest BCUT2D eigenvalue weighted by atomic mass is 10.2. The average Bonchev–Trinajstić information content (AvgIpc) is 3.04. The van der Waals surface area contributed by atoms with Gasteiger partial charge >= 0.3 is 5.97 Å². The normalized spacial score (nSPS) is 15.7. The number of aromatic nitrogens is 1. The van der Waals surface area contributed by atoms with Gasteiger partial charge in [0.15, 0.2) is 0 Å². The van der Waals surface area contributed by atoms with Crippen molar-refractivity contribution in [3.05, 3.63) is 66.0 Å². The maximum Gasteiger partial charge on any atom is 0.307 e. The van der Waals surface area contributed by atoms with Crippen LogP contribution in [-0.4, -0.2) is 21.5 Å². The first-order valence-corrected chi connectivity index (χ1v) is 9.24.